The van der Waals surface area contributed by atoms with Crippen molar-refractivity contribution in [3.8, 4) is 0 Å². The normalized spacial score (nSPS) is 26.9. The fourth-order valence-corrected chi connectivity index (χ4v) is 3.66. The largest absolute Gasteiger partial charge is 0.356 e. The summed E-state index contributed by atoms with van der Waals surface area (Å²) in [6.45, 7) is 2.90. The predicted octanol–water partition coefficient (Wildman–Crippen LogP) is 3.63. The molecule has 1 aromatic carbocycles. The number of rotatable bonds is 4. The molecule has 1 saturated heterocycles. The molecule has 2 N–H and O–H groups in total. The van der Waals surface area contributed by atoms with Gasteiger partial charge in [0.1, 0.15) is 0 Å². The summed E-state index contributed by atoms with van der Waals surface area (Å²) in [6, 6.07) is 5.55. The van der Waals surface area contributed by atoms with Crippen molar-refractivity contribution in [2.45, 2.75) is 25.2 Å². The van der Waals surface area contributed by atoms with Crippen LogP contribution < -0.4 is 10.6 Å². The lowest BCUT2D eigenvalue weighted by atomic mass is 9.99. The number of carbonyl (C=O) groups is 1. The fourth-order valence-electron chi connectivity index (χ4n) is 3.12. The quantitative estimate of drug-likeness (QED) is 0.857. The van der Waals surface area contributed by atoms with Gasteiger partial charge in [0.2, 0.25) is 5.91 Å². The molecule has 22 heavy (non-hydrogen) atoms. The first-order valence-corrected chi connectivity index (χ1v) is 8.33. The topological polar surface area (TPSA) is 41.1 Å². The zero-order valence-corrected chi connectivity index (χ0v) is 14.6. The number of halogens is 3. The number of carbonyl (C=O) groups excluding carboxylic acids is 1. The van der Waals surface area contributed by atoms with Crippen LogP contribution in [-0.4, -0.2) is 25.5 Å². The highest BCUT2D eigenvalue weighted by molar-refractivity contribution is 6.34. The summed E-state index contributed by atoms with van der Waals surface area (Å²) < 4.78 is 0. The van der Waals surface area contributed by atoms with Crippen molar-refractivity contribution < 1.29 is 4.79 Å². The summed E-state index contributed by atoms with van der Waals surface area (Å²) >= 11 is 12.0. The van der Waals surface area contributed by atoms with E-state index in [1.54, 1.807) is 6.07 Å². The van der Waals surface area contributed by atoms with Gasteiger partial charge in [0.05, 0.1) is 0 Å². The average molecular weight is 364 g/mol. The zero-order valence-electron chi connectivity index (χ0n) is 12.3. The third-order valence-electron chi connectivity index (χ3n) is 4.40. The number of benzene rings is 1. The second-order valence-corrected chi connectivity index (χ2v) is 6.98. The van der Waals surface area contributed by atoms with Gasteiger partial charge in [0.25, 0.3) is 0 Å². The molecule has 3 rings (SSSR count). The Kier molecular flexibility index (Phi) is 6.39. The molecule has 2 aliphatic rings. The van der Waals surface area contributed by atoms with Gasteiger partial charge >= 0.3 is 0 Å². The second-order valence-electron chi connectivity index (χ2n) is 6.11. The van der Waals surface area contributed by atoms with Crippen molar-refractivity contribution in [2.75, 3.05) is 19.6 Å². The maximum absolute atomic E-state index is 12.2. The summed E-state index contributed by atoms with van der Waals surface area (Å²) in [4.78, 5) is 12.2. The van der Waals surface area contributed by atoms with Gasteiger partial charge in [0.15, 0.2) is 0 Å². The lowest BCUT2D eigenvalue weighted by Crippen LogP contribution is -2.38. The van der Waals surface area contributed by atoms with E-state index < -0.39 is 0 Å². The van der Waals surface area contributed by atoms with E-state index in [4.69, 9.17) is 23.2 Å². The Morgan fingerprint density at radius 3 is 2.64 bits per heavy atom. The van der Waals surface area contributed by atoms with Gasteiger partial charge in [0, 0.05) is 22.5 Å². The Balaban J connectivity index is 0.00000176. The van der Waals surface area contributed by atoms with Crippen molar-refractivity contribution in [1.82, 2.24) is 10.6 Å². The third-order valence-corrected chi connectivity index (χ3v) is 4.84. The minimum atomic E-state index is 0. The van der Waals surface area contributed by atoms with Crippen LogP contribution in [-0.2, 0) is 4.79 Å². The van der Waals surface area contributed by atoms with Gasteiger partial charge in [-0.25, -0.2) is 0 Å². The van der Waals surface area contributed by atoms with Crippen LogP contribution in [0.2, 0.25) is 10.0 Å². The Morgan fingerprint density at radius 2 is 2.00 bits per heavy atom. The molecule has 0 aromatic heterocycles. The van der Waals surface area contributed by atoms with Crippen molar-refractivity contribution in [2.24, 2.45) is 11.8 Å². The molecule has 1 amide bonds. The van der Waals surface area contributed by atoms with Gasteiger partial charge < -0.3 is 10.6 Å². The number of hydrogen-bond donors (Lipinski definition) is 2. The van der Waals surface area contributed by atoms with Gasteiger partial charge in [-0.1, -0.05) is 23.2 Å². The summed E-state index contributed by atoms with van der Waals surface area (Å²) in [6.07, 6.45) is 3.30. The molecule has 122 valence electrons. The molecule has 0 bridgehead atoms. The van der Waals surface area contributed by atoms with Crippen molar-refractivity contribution in [3.05, 3.63) is 33.8 Å². The highest BCUT2D eigenvalue weighted by atomic mass is 35.5. The fraction of sp³-hybridized carbons (Fsp3) is 0.562. The van der Waals surface area contributed by atoms with Crippen LogP contribution in [0.4, 0.5) is 0 Å². The molecular weight excluding hydrogens is 343 g/mol. The smallest absolute Gasteiger partial charge is 0.223 e. The molecule has 1 saturated carbocycles. The minimum absolute atomic E-state index is 0. The summed E-state index contributed by atoms with van der Waals surface area (Å²) in [5.74, 6) is 1.09. The highest BCUT2D eigenvalue weighted by Crippen LogP contribution is 2.48. The Morgan fingerprint density at radius 1 is 1.27 bits per heavy atom. The van der Waals surface area contributed by atoms with Crippen LogP contribution in [0.3, 0.4) is 0 Å². The van der Waals surface area contributed by atoms with Crippen molar-refractivity contribution in [3.63, 3.8) is 0 Å². The summed E-state index contributed by atoms with van der Waals surface area (Å²) in [5, 5.41) is 7.74. The standard InChI is InChI=1S/C16H20Cl2N2O.ClH/c17-12-4-11(5-13(18)6-12)14-7-15(14)16(21)20-9-10-2-1-3-19-8-10;/h4-6,10,14-15,19H,1-3,7-9H2,(H,20,21);1H. The molecular formula is C16H21Cl3N2O. The first kappa shape index (κ1) is 17.9. The lowest BCUT2D eigenvalue weighted by Gasteiger charge is -2.22. The Hall–Kier alpha value is -0.480. The summed E-state index contributed by atoms with van der Waals surface area (Å²) in [7, 11) is 0. The zero-order chi connectivity index (χ0) is 14.8. The average Bonchev–Trinajstić information content (AvgIpc) is 3.25. The van der Waals surface area contributed by atoms with E-state index in [1.165, 1.54) is 12.8 Å². The van der Waals surface area contributed by atoms with Crippen molar-refractivity contribution in [1.29, 1.82) is 0 Å². The number of hydrogen-bond acceptors (Lipinski definition) is 2. The number of nitrogens with one attached hydrogen (secondary N) is 2. The van der Waals surface area contributed by atoms with E-state index in [2.05, 4.69) is 10.6 Å². The van der Waals surface area contributed by atoms with Crippen LogP contribution in [0.25, 0.3) is 0 Å². The van der Waals surface area contributed by atoms with Gasteiger partial charge in [-0.3, -0.25) is 4.79 Å². The van der Waals surface area contributed by atoms with E-state index in [0.29, 0.717) is 16.0 Å². The van der Waals surface area contributed by atoms with Crippen molar-refractivity contribution >= 4 is 41.5 Å². The van der Waals surface area contributed by atoms with E-state index >= 15 is 0 Å². The highest BCUT2D eigenvalue weighted by Gasteiger charge is 2.44. The van der Waals surface area contributed by atoms with E-state index in [-0.39, 0.29) is 30.2 Å². The van der Waals surface area contributed by atoms with E-state index in [0.717, 1.165) is 31.6 Å². The molecule has 3 atom stereocenters. The molecule has 6 heteroatoms. The molecule has 1 aromatic rings. The first-order valence-electron chi connectivity index (χ1n) is 7.58. The number of piperidine rings is 1. The van der Waals surface area contributed by atoms with Crippen LogP contribution >= 0.6 is 35.6 Å². The molecule has 3 unspecified atom stereocenters. The van der Waals surface area contributed by atoms with Gasteiger partial charge in [-0.15, -0.1) is 12.4 Å². The van der Waals surface area contributed by atoms with Gasteiger partial charge in [-0.2, -0.15) is 0 Å². The molecule has 2 fully saturated rings. The minimum Gasteiger partial charge on any atom is -0.356 e. The lowest BCUT2D eigenvalue weighted by molar-refractivity contribution is -0.122. The van der Waals surface area contributed by atoms with E-state index in [9.17, 15) is 4.79 Å². The molecule has 3 nitrogen and oxygen atoms in total. The Bertz CT molecular complexity index is 512. The van der Waals surface area contributed by atoms with Crippen LogP contribution in [0.5, 0.6) is 0 Å². The second kappa shape index (κ2) is 7.87. The monoisotopic (exact) mass is 362 g/mol. The molecule has 1 aliphatic carbocycles. The molecule has 1 aliphatic heterocycles. The first-order chi connectivity index (χ1) is 10.1. The maximum atomic E-state index is 12.2. The SMILES string of the molecule is Cl.O=C(NCC1CCCNC1)C1CC1c1cc(Cl)cc(Cl)c1. The van der Waals surface area contributed by atoms with Crippen LogP contribution in [0, 0.1) is 11.8 Å². The van der Waals surface area contributed by atoms with Crippen LogP contribution in [0.15, 0.2) is 18.2 Å². The third kappa shape index (κ3) is 4.51. The van der Waals surface area contributed by atoms with Gasteiger partial charge in [-0.05, 0) is 68.0 Å². The number of amides is 1. The van der Waals surface area contributed by atoms with E-state index in [1.807, 2.05) is 12.1 Å². The predicted molar refractivity (Wildman–Crippen MR) is 93.2 cm³/mol. The summed E-state index contributed by atoms with van der Waals surface area (Å²) in [5.41, 5.74) is 1.08. The van der Waals surface area contributed by atoms with Crippen LogP contribution in [0.1, 0.15) is 30.7 Å². The molecule has 0 radical (unpaired) electrons. The maximum Gasteiger partial charge on any atom is 0.223 e. The molecule has 0 spiro atoms. The Labute approximate surface area is 147 Å². The molecule has 1 heterocycles.